The number of H-pyrrole nitrogens is 1. The number of aromatic amines is 1. The summed E-state index contributed by atoms with van der Waals surface area (Å²) in [6.45, 7) is 1.55. The van der Waals surface area contributed by atoms with Gasteiger partial charge in [0.1, 0.15) is 5.56 Å². The van der Waals surface area contributed by atoms with Gasteiger partial charge in [0.05, 0.1) is 12.6 Å². The van der Waals surface area contributed by atoms with Crippen LogP contribution in [0.2, 0.25) is 0 Å². The molecule has 0 aliphatic rings. The molecule has 0 saturated carbocycles. The second kappa shape index (κ2) is 6.85. The number of carbonyl (C=O) groups excluding carboxylic acids is 1. The fourth-order valence-corrected chi connectivity index (χ4v) is 2.07. The number of aromatic nitrogens is 1. The molecular weight excluding hydrogens is 268 g/mol. The number of hydrogen-bond donors (Lipinski definition) is 3. The molecule has 2 rings (SSSR count). The lowest BCUT2D eigenvalue weighted by atomic mass is 10.1. The number of aryl methyl sites for hydroxylation is 1. The van der Waals surface area contributed by atoms with E-state index in [1.165, 1.54) is 6.07 Å². The molecule has 3 N–H and O–H groups in total. The van der Waals surface area contributed by atoms with E-state index in [9.17, 15) is 14.7 Å². The van der Waals surface area contributed by atoms with Gasteiger partial charge in [0.25, 0.3) is 11.5 Å². The first kappa shape index (κ1) is 15.0. The molecule has 1 aromatic carbocycles. The topological polar surface area (TPSA) is 82.2 Å². The highest BCUT2D eigenvalue weighted by molar-refractivity contribution is 5.94. The molecule has 110 valence electrons. The third kappa shape index (κ3) is 4.03. The molecule has 0 saturated heterocycles. The van der Waals surface area contributed by atoms with E-state index in [0.29, 0.717) is 12.1 Å². The molecule has 1 heterocycles. The zero-order chi connectivity index (χ0) is 15.2. The highest BCUT2D eigenvalue weighted by Gasteiger charge is 2.16. The van der Waals surface area contributed by atoms with Crippen LogP contribution in [0.25, 0.3) is 0 Å². The molecule has 0 spiro atoms. The number of benzene rings is 1. The van der Waals surface area contributed by atoms with Gasteiger partial charge in [-0.25, -0.2) is 0 Å². The van der Waals surface area contributed by atoms with Gasteiger partial charge in [-0.2, -0.15) is 0 Å². The zero-order valence-electron chi connectivity index (χ0n) is 11.8. The van der Waals surface area contributed by atoms with Crippen molar-refractivity contribution in [2.24, 2.45) is 0 Å². The van der Waals surface area contributed by atoms with E-state index in [1.807, 2.05) is 30.3 Å². The van der Waals surface area contributed by atoms with Gasteiger partial charge in [-0.15, -0.1) is 0 Å². The maximum Gasteiger partial charge on any atom is 0.260 e. The predicted molar refractivity (Wildman–Crippen MR) is 80.3 cm³/mol. The molecule has 1 amide bonds. The van der Waals surface area contributed by atoms with Crippen LogP contribution in [0.5, 0.6) is 0 Å². The second-order valence-corrected chi connectivity index (χ2v) is 4.93. The zero-order valence-corrected chi connectivity index (χ0v) is 11.8. The molecule has 5 heteroatoms. The maximum absolute atomic E-state index is 12.1. The Hall–Kier alpha value is -2.40. The molecule has 1 aromatic heterocycles. The highest BCUT2D eigenvalue weighted by Crippen LogP contribution is 2.04. The quantitative estimate of drug-likeness (QED) is 0.767. The van der Waals surface area contributed by atoms with Crippen LogP contribution in [-0.4, -0.2) is 28.6 Å². The second-order valence-electron chi connectivity index (χ2n) is 4.93. The van der Waals surface area contributed by atoms with Crippen molar-refractivity contribution in [3.8, 4) is 0 Å². The molecule has 0 fully saturated rings. The van der Waals surface area contributed by atoms with Crippen molar-refractivity contribution < 1.29 is 9.90 Å². The average Bonchev–Trinajstić information content (AvgIpc) is 2.47. The molecule has 5 nitrogen and oxygen atoms in total. The summed E-state index contributed by atoms with van der Waals surface area (Å²) in [5, 5.41) is 12.1. The van der Waals surface area contributed by atoms with E-state index in [0.717, 1.165) is 5.56 Å². The van der Waals surface area contributed by atoms with Crippen LogP contribution in [-0.2, 0) is 6.42 Å². The van der Waals surface area contributed by atoms with E-state index in [4.69, 9.17) is 0 Å². The average molecular weight is 286 g/mol. The smallest absolute Gasteiger partial charge is 0.260 e. The van der Waals surface area contributed by atoms with Crippen LogP contribution in [0.15, 0.2) is 47.3 Å². The molecule has 0 unspecified atom stereocenters. The Labute approximate surface area is 122 Å². The fourth-order valence-electron chi connectivity index (χ4n) is 2.07. The minimum atomic E-state index is -0.480. The minimum absolute atomic E-state index is 0.0483. The Morgan fingerprint density at radius 1 is 1.24 bits per heavy atom. The van der Waals surface area contributed by atoms with Crippen LogP contribution < -0.4 is 10.9 Å². The maximum atomic E-state index is 12.1. The van der Waals surface area contributed by atoms with Gasteiger partial charge in [0.2, 0.25) is 0 Å². The van der Waals surface area contributed by atoms with Crippen LogP contribution in [0.4, 0.5) is 0 Å². The standard InChI is InChI=1S/C16H18N2O3/c1-11-7-8-14(15(20)17-11)16(21)18-13(10-19)9-12-5-3-2-4-6-12/h2-8,13,19H,9-10H2,1H3,(H,17,20)(H,18,21)/t13-/m1/s1. The number of aliphatic hydroxyl groups excluding tert-OH is 1. The Morgan fingerprint density at radius 2 is 1.95 bits per heavy atom. The summed E-state index contributed by atoms with van der Waals surface area (Å²) < 4.78 is 0. The van der Waals surface area contributed by atoms with Gasteiger partial charge in [0.15, 0.2) is 0 Å². The first-order chi connectivity index (χ1) is 10.1. The van der Waals surface area contributed by atoms with Gasteiger partial charge in [-0.05, 0) is 31.0 Å². The Bertz CT molecular complexity index is 665. The SMILES string of the molecule is Cc1ccc(C(=O)N[C@@H](CO)Cc2ccccc2)c(=O)[nH]1. The summed E-state index contributed by atoms with van der Waals surface area (Å²) in [7, 11) is 0. The largest absolute Gasteiger partial charge is 0.394 e. The predicted octanol–water partition coefficient (Wildman–Crippen LogP) is 1.02. The van der Waals surface area contributed by atoms with E-state index in [2.05, 4.69) is 10.3 Å². The van der Waals surface area contributed by atoms with Gasteiger partial charge in [-0.3, -0.25) is 9.59 Å². The van der Waals surface area contributed by atoms with Crippen LogP contribution >= 0.6 is 0 Å². The van der Waals surface area contributed by atoms with Gasteiger partial charge in [-0.1, -0.05) is 30.3 Å². The first-order valence-corrected chi connectivity index (χ1v) is 6.75. The molecule has 0 radical (unpaired) electrons. The molecule has 1 atom stereocenters. The monoisotopic (exact) mass is 286 g/mol. The first-order valence-electron chi connectivity index (χ1n) is 6.75. The van der Waals surface area contributed by atoms with E-state index >= 15 is 0 Å². The third-order valence-electron chi connectivity index (χ3n) is 3.18. The molecule has 0 aliphatic heterocycles. The van der Waals surface area contributed by atoms with Gasteiger partial charge < -0.3 is 15.4 Å². The number of hydrogen-bond acceptors (Lipinski definition) is 3. The molecule has 0 aliphatic carbocycles. The fraction of sp³-hybridized carbons (Fsp3) is 0.250. The van der Waals surface area contributed by atoms with E-state index in [-0.39, 0.29) is 12.2 Å². The summed E-state index contributed by atoms with van der Waals surface area (Å²) in [6.07, 6.45) is 0.507. The summed E-state index contributed by atoms with van der Waals surface area (Å²) >= 11 is 0. The minimum Gasteiger partial charge on any atom is -0.394 e. The Kier molecular flexibility index (Phi) is 4.90. The van der Waals surface area contributed by atoms with E-state index in [1.54, 1.807) is 13.0 Å². The summed E-state index contributed by atoms with van der Waals surface area (Å²) in [6, 6.07) is 12.3. The summed E-state index contributed by atoms with van der Waals surface area (Å²) in [5.41, 5.74) is 1.32. The highest BCUT2D eigenvalue weighted by atomic mass is 16.3. The molecule has 21 heavy (non-hydrogen) atoms. The van der Waals surface area contributed by atoms with Gasteiger partial charge >= 0.3 is 0 Å². The number of carbonyl (C=O) groups is 1. The van der Waals surface area contributed by atoms with Crippen LogP contribution in [0.1, 0.15) is 21.6 Å². The molecule has 2 aromatic rings. The lowest BCUT2D eigenvalue weighted by molar-refractivity contribution is 0.0915. The Morgan fingerprint density at radius 3 is 2.57 bits per heavy atom. The van der Waals surface area contributed by atoms with Crippen molar-refractivity contribution in [2.75, 3.05) is 6.61 Å². The third-order valence-corrected chi connectivity index (χ3v) is 3.18. The molecular formula is C16H18N2O3. The number of amides is 1. The Balaban J connectivity index is 2.07. The summed E-state index contributed by atoms with van der Waals surface area (Å²) in [5.74, 6) is -0.480. The van der Waals surface area contributed by atoms with Crippen molar-refractivity contribution in [1.29, 1.82) is 0 Å². The van der Waals surface area contributed by atoms with Gasteiger partial charge in [0, 0.05) is 5.69 Å². The number of pyridine rings is 1. The van der Waals surface area contributed by atoms with Crippen molar-refractivity contribution >= 4 is 5.91 Å². The molecule has 0 bridgehead atoms. The van der Waals surface area contributed by atoms with E-state index < -0.39 is 17.5 Å². The van der Waals surface area contributed by atoms with Crippen molar-refractivity contribution in [1.82, 2.24) is 10.3 Å². The summed E-state index contributed by atoms with van der Waals surface area (Å²) in [4.78, 5) is 26.4. The number of aliphatic hydroxyl groups is 1. The van der Waals surface area contributed by atoms with Crippen LogP contribution in [0.3, 0.4) is 0 Å². The lowest BCUT2D eigenvalue weighted by Crippen LogP contribution is -2.41. The lowest BCUT2D eigenvalue weighted by Gasteiger charge is -2.16. The number of nitrogens with one attached hydrogen (secondary N) is 2. The number of rotatable bonds is 5. The van der Waals surface area contributed by atoms with Crippen molar-refractivity contribution in [3.05, 3.63) is 69.6 Å². The van der Waals surface area contributed by atoms with Crippen molar-refractivity contribution in [3.63, 3.8) is 0 Å². The van der Waals surface area contributed by atoms with Crippen molar-refractivity contribution in [2.45, 2.75) is 19.4 Å². The van der Waals surface area contributed by atoms with Crippen LogP contribution in [0, 0.1) is 6.92 Å². The normalized spacial score (nSPS) is 11.9.